The zero-order chi connectivity index (χ0) is 11.7. The molecule has 16 heavy (non-hydrogen) atoms. The first kappa shape index (κ1) is 11.1. The first-order chi connectivity index (χ1) is 7.58. The third kappa shape index (κ3) is 2.09. The topological polar surface area (TPSA) is 58.9 Å². The van der Waals surface area contributed by atoms with Crippen molar-refractivity contribution in [3.05, 3.63) is 44.5 Å². The van der Waals surface area contributed by atoms with E-state index in [1.165, 1.54) is 0 Å². The van der Waals surface area contributed by atoms with Crippen LogP contribution >= 0.6 is 15.9 Å². The maximum absolute atomic E-state index is 10.5. The molecule has 1 N–H and O–H groups in total. The van der Waals surface area contributed by atoms with Crippen molar-refractivity contribution >= 4 is 26.8 Å². The van der Waals surface area contributed by atoms with Crippen molar-refractivity contribution in [3.63, 3.8) is 0 Å². The van der Waals surface area contributed by atoms with E-state index in [0.717, 1.165) is 20.9 Å². The Morgan fingerprint density at radius 1 is 1.56 bits per heavy atom. The summed E-state index contributed by atoms with van der Waals surface area (Å²) in [5.74, 6) is -0.0851. The molecule has 0 bridgehead atoms. The molecule has 1 aromatic carbocycles. The van der Waals surface area contributed by atoms with Crippen LogP contribution < -0.4 is 0 Å². The largest absolute Gasteiger partial charge is 0.361 e. The first-order valence-corrected chi connectivity index (χ1v) is 5.75. The maximum Gasteiger partial charge on any atom is 0.210 e. The van der Waals surface area contributed by atoms with Crippen molar-refractivity contribution in [3.8, 4) is 0 Å². The number of hydrogen-bond acceptors (Lipinski definition) is 2. The third-order valence-corrected chi connectivity index (χ3v) is 3.12. The fourth-order valence-electron chi connectivity index (χ4n) is 1.84. The molecule has 1 unspecified atom stereocenters. The van der Waals surface area contributed by atoms with Crippen molar-refractivity contribution in [2.75, 3.05) is 6.54 Å². The van der Waals surface area contributed by atoms with Crippen molar-refractivity contribution in [2.45, 2.75) is 12.8 Å². The Bertz CT molecular complexity index is 536. The summed E-state index contributed by atoms with van der Waals surface area (Å²) in [6.45, 7) is 1.83. The summed E-state index contributed by atoms with van der Waals surface area (Å²) >= 11 is 3.40. The van der Waals surface area contributed by atoms with E-state index in [0.29, 0.717) is 0 Å². The fourth-order valence-corrected chi connectivity index (χ4v) is 2.21. The van der Waals surface area contributed by atoms with Gasteiger partial charge in [0.2, 0.25) is 6.54 Å². The summed E-state index contributed by atoms with van der Waals surface area (Å²) in [5.41, 5.74) is 2.00. The highest BCUT2D eigenvalue weighted by Crippen LogP contribution is 2.27. The van der Waals surface area contributed by atoms with E-state index in [1.54, 1.807) is 0 Å². The van der Waals surface area contributed by atoms with Crippen LogP contribution in [0.25, 0.3) is 10.9 Å². The van der Waals surface area contributed by atoms with Gasteiger partial charge < -0.3 is 4.98 Å². The van der Waals surface area contributed by atoms with Gasteiger partial charge in [0.25, 0.3) is 0 Å². The lowest BCUT2D eigenvalue weighted by Gasteiger charge is -2.05. The average molecular weight is 283 g/mol. The second kappa shape index (κ2) is 4.25. The van der Waals surface area contributed by atoms with Crippen LogP contribution in [-0.2, 0) is 0 Å². The highest BCUT2D eigenvalue weighted by atomic mass is 79.9. The Balaban J connectivity index is 2.44. The standard InChI is InChI=1S/C11H11BrN2O2/c1-7(6-14(15)16)10-5-13-11-3-2-8(12)4-9(10)11/h2-5,7,13H,6H2,1H3. The Kier molecular flexibility index (Phi) is 2.96. The van der Waals surface area contributed by atoms with E-state index in [9.17, 15) is 10.1 Å². The number of hydrogen-bond donors (Lipinski definition) is 1. The number of fused-ring (bicyclic) bond motifs is 1. The molecule has 1 heterocycles. The maximum atomic E-state index is 10.5. The number of nitrogens with one attached hydrogen (secondary N) is 1. The number of nitrogens with zero attached hydrogens (tertiary/aromatic N) is 1. The minimum atomic E-state index is -0.276. The van der Waals surface area contributed by atoms with E-state index in [-0.39, 0.29) is 17.4 Å². The first-order valence-electron chi connectivity index (χ1n) is 4.96. The number of aromatic amines is 1. The molecule has 2 aromatic rings. The third-order valence-electron chi connectivity index (χ3n) is 2.63. The lowest BCUT2D eigenvalue weighted by molar-refractivity contribution is -0.482. The molecule has 1 atom stereocenters. The van der Waals surface area contributed by atoms with Gasteiger partial charge in [-0.3, -0.25) is 10.1 Å². The normalized spacial score (nSPS) is 12.9. The van der Waals surface area contributed by atoms with Gasteiger partial charge in [-0.25, -0.2) is 0 Å². The molecule has 0 spiro atoms. The summed E-state index contributed by atoms with van der Waals surface area (Å²) in [6.07, 6.45) is 1.85. The monoisotopic (exact) mass is 282 g/mol. The van der Waals surface area contributed by atoms with Gasteiger partial charge in [0.15, 0.2) is 0 Å². The lowest BCUT2D eigenvalue weighted by Crippen LogP contribution is -2.08. The Morgan fingerprint density at radius 3 is 3.00 bits per heavy atom. The Hall–Kier alpha value is -1.36. The number of benzene rings is 1. The lowest BCUT2D eigenvalue weighted by atomic mass is 10.0. The predicted octanol–water partition coefficient (Wildman–Crippen LogP) is 3.31. The Morgan fingerprint density at radius 2 is 2.31 bits per heavy atom. The molecular weight excluding hydrogens is 272 g/mol. The van der Waals surface area contributed by atoms with E-state index in [2.05, 4.69) is 20.9 Å². The molecule has 0 aliphatic heterocycles. The van der Waals surface area contributed by atoms with Crippen molar-refractivity contribution in [2.24, 2.45) is 0 Å². The van der Waals surface area contributed by atoms with Crippen LogP contribution in [0.2, 0.25) is 0 Å². The molecule has 0 saturated heterocycles. The van der Waals surface area contributed by atoms with Gasteiger partial charge >= 0.3 is 0 Å². The second-order valence-corrected chi connectivity index (χ2v) is 4.77. The fraction of sp³-hybridized carbons (Fsp3) is 0.273. The second-order valence-electron chi connectivity index (χ2n) is 3.85. The Labute approximate surface area is 101 Å². The zero-order valence-electron chi connectivity index (χ0n) is 8.74. The van der Waals surface area contributed by atoms with E-state index < -0.39 is 0 Å². The molecule has 0 saturated carbocycles. The smallest absolute Gasteiger partial charge is 0.210 e. The molecular formula is C11H11BrN2O2. The highest BCUT2D eigenvalue weighted by molar-refractivity contribution is 9.10. The minimum Gasteiger partial charge on any atom is -0.361 e. The molecule has 4 nitrogen and oxygen atoms in total. The molecule has 84 valence electrons. The molecule has 5 heteroatoms. The molecule has 2 rings (SSSR count). The van der Waals surface area contributed by atoms with Crippen molar-refractivity contribution in [1.29, 1.82) is 0 Å². The van der Waals surface area contributed by atoms with Gasteiger partial charge in [0, 0.05) is 32.4 Å². The molecule has 0 fully saturated rings. The van der Waals surface area contributed by atoms with Crippen molar-refractivity contribution in [1.82, 2.24) is 4.98 Å². The van der Waals surface area contributed by atoms with Gasteiger partial charge in [-0.15, -0.1) is 0 Å². The number of nitro groups is 1. The highest BCUT2D eigenvalue weighted by Gasteiger charge is 2.16. The molecule has 0 aliphatic carbocycles. The predicted molar refractivity (Wildman–Crippen MR) is 66.3 cm³/mol. The molecule has 0 amide bonds. The minimum absolute atomic E-state index is 0.0422. The van der Waals surface area contributed by atoms with Crippen LogP contribution in [0.5, 0.6) is 0 Å². The van der Waals surface area contributed by atoms with E-state index >= 15 is 0 Å². The van der Waals surface area contributed by atoms with Crippen LogP contribution in [0.1, 0.15) is 18.4 Å². The number of H-pyrrole nitrogens is 1. The van der Waals surface area contributed by atoms with Gasteiger partial charge in [-0.2, -0.15) is 0 Å². The summed E-state index contributed by atoms with van der Waals surface area (Å²) in [6, 6.07) is 5.89. The quantitative estimate of drug-likeness (QED) is 0.694. The summed E-state index contributed by atoms with van der Waals surface area (Å²) in [7, 11) is 0. The molecule has 0 radical (unpaired) electrons. The number of aromatic nitrogens is 1. The van der Waals surface area contributed by atoms with Crippen LogP contribution in [0.3, 0.4) is 0 Å². The van der Waals surface area contributed by atoms with Crippen LogP contribution in [0, 0.1) is 10.1 Å². The SMILES string of the molecule is CC(C[N+](=O)[O-])c1c[nH]c2ccc(Br)cc12. The van der Waals surface area contributed by atoms with Crippen molar-refractivity contribution < 1.29 is 4.92 Å². The summed E-state index contributed by atoms with van der Waals surface area (Å²) < 4.78 is 0.981. The van der Waals surface area contributed by atoms with Crippen LogP contribution in [0.15, 0.2) is 28.9 Å². The van der Waals surface area contributed by atoms with Crippen LogP contribution in [0.4, 0.5) is 0 Å². The van der Waals surface area contributed by atoms with Gasteiger partial charge in [-0.1, -0.05) is 22.9 Å². The number of rotatable bonds is 3. The molecule has 0 aliphatic rings. The van der Waals surface area contributed by atoms with Gasteiger partial charge in [-0.05, 0) is 23.8 Å². The summed E-state index contributed by atoms with van der Waals surface area (Å²) in [4.78, 5) is 13.3. The average Bonchev–Trinajstić information content (AvgIpc) is 2.59. The number of halogens is 1. The zero-order valence-corrected chi connectivity index (χ0v) is 10.3. The summed E-state index contributed by atoms with van der Waals surface area (Å²) in [5, 5.41) is 11.5. The van der Waals surface area contributed by atoms with Gasteiger partial charge in [0.05, 0.1) is 0 Å². The van der Waals surface area contributed by atoms with Gasteiger partial charge in [0.1, 0.15) is 0 Å². The van der Waals surface area contributed by atoms with E-state index in [1.807, 2.05) is 31.3 Å². The molecule has 1 aromatic heterocycles. The van der Waals surface area contributed by atoms with Crippen LogP contribution in [-0.4, -0.2) is 16.5 Å². The van der Waals surface area contributed by atoms with E-state index in [4.69, 9.17) is 0 Å².